The Hall–Kier alpha value is -2.38. The van der Waals surface area contributed by atoms with Crippen LogP contribution in [0.4, 0.5) is 0 Å². The summed E-state index contributed by atoms with van der Waals surface area (Å²) in [5.74, 6) is -3.84. The molecule has 0 spiro atoms. The number of rotatable bonds is 11. The Balaban J connectivity index is 3.68. The first-order valence-corrected chi connectivity index (χ1v) is 11.1. The standard InChI is InChI=1S/C23H36O8/c1-7-12-13-17-16(6)22(18(24)28-8-2,19(25)29-9-3)14-15-23(17,20(26)30-10-4)21(27)31-11-5/h17H,6-15H2,1-5H3. The molecule has 1 fully saturated rings. The van der Waals surface area contributed by atoms with Gasteiger partial charge in [-0.25, -0.2) is 0 Å². The Morgan fingerprint density at radius 3 is 1.58 bits per heavy atom. The fourth-order valence-corrected chi connectivity index (χ4v) is 4.29. The fraction of sp³-hybridized carbons (Fsp3) is 0.739. The molecule has 0 bridgehead atoms. The van der Waals surface area contributed by atoms with Crippen LogP contribution in [-0.2, 0) is 38.1 Å². The van der Waals surface area contributed by atoms with Crippen molar-refractivity contribution in [3.05, 3.63) is 12.2 Å². The first-order valence-electron chi connectivity index (χ1n) is 11.1. The summed E-state index contributed by atoms with van der Waals surface area (Å²) in [6.45, 7) is 12.9. The zero-order chi connectivity index (χ0) is 23.7. The molecule has 0 amide bonds. The van der Waals surface area contributed by atoms with Crippen LogP contribution < -0.4 is 0 Å². The van der Waals surface area contributed by atoms with Crippen molar-refractivity contribution in [1.29, 1.82) is 0 Å². The molecule has 0 radical (unpaired) electrons. The van der Waals surface area contributed by atoms with Crippen LogP contribution in [0, 0.1) is 16.7 Å². The zero-order valence-electron chi connectivity index (χ0n) is 19.4. The average Bonchev–Trinajstić information content (AvgIpc) is 2.73. The van der Waals surface area contributed by atoms with Crippen molar-refractivity contribution >= 4 is 23.9 Å². The minimum atomic E-state index is -1.78. The number of ether oxygens (including phenoxy) is 4. The Morgan fingerprint density at radius 2 is 1.19 bits per heavy atom. The summed E-state index contributed by atoms with van der Waals surface area (Å²) in [7, 11) is 0. The van der Waals surface area contributed by atoms with Gasteiger partial charge in [-0.3, -0.25) is 19.2 Å². The van der Waals surface area contributed by atoms with Crippen LogP contribution in [-0.4, -0.2) is 50.3 Å². The molecule has 1 aliphatic rings. The lowest BCUT2D eigenvalue weighted by atomic mass is 9.54. The van der Waals surface area contributed by atoms with Crippen LogP contribution >= 0.6 is 0 Å². The van der Waals surface area contributed by atoms with Gasteiger partial charge in [-0.05, 0) is 52.5 Å². The Morgan fingerprint density at radius 1 is 0.774 bits per heavy atom. The van der Waals surface area contributed by atoms with E-state index in [0.717, 1.165) is 6.42 Å². The maximum atomic E-state index is 13.2. The Kier molecular flexibility index (Phi) is 10.2. The second kappa shape index (κ2) is 11.9. The molecule has 1 atom stereocenters. The largest absolute Gasteiger partial charge is 0.465 e. The van der Waals surface area contributed by atoms with Crippen molar-refractivity contribution in [3.8, 4) is 0 Å². The van der Waals surface area contributed by atoms with E-state index >= 15 is 0 Å². The molecule has 1 rings (SSSR count). The van der Waals surface area contributed by atoms with E-state index in [1.165, 1.54) is 0 Å². The lowest BCUT2D eigenvalue weighted by Crippen LogP contribution is -2.58. The van der Waals surface area contributed by atoms with Crippen molar-refractivity contribution in [3.63, 3.8) is 0 Å². The molecular weight excluding hydrogens is 404 g/mol. The Bertz CT molecular complexity index is 645. The molecule has 0 aliphatic heterocycles. The second-order valence-corrected chi connectivity index (χ2v) is 7.48. The van der Waals surface area contributed by atoms with Crippen LogP contribution in [0.5, 0.6) is 0 Å². The van der Waals surface area contributed by atoms with Crippen LogP contribution in [0.25, 0.3) is 0 Å². The quantitative estimate of drug-likeness (QED) is 0.208. The number of unbranched alkanes of at least 4 members (excludes halogenated alkanes) is 1. The monoisotopic (exact) mass is 440 g/mol. The zero-order valence-corrected chi connectivity index (χ0v) is 19.4. The molecule has 1 unspecified atom stereocenters. The molecule has 0 saturated heterocycles. The van der Waals surface area contributed by atoms with E-state index in [1.54, 1.807) is 27.7 Å². The van der Waals surface area contributed by atoms with Crippen molar-refractivity contribution in [2.24, 2.45) is 16.7 Å². The number of carbonyl (C=O) groups is 4. The molecular formula is C23H36O8. The van der Waals surface area contributed by atoms with Crippen molar-refractivity contribution in [2.75, 3.05) is 26.4 Å². The third-order valence-corrected chi connectivity index (χ3v) is 5.83. The van der Waals surface area contributed by atoms with Gasteiger partial charge in [0.05, 0.1) is 26.4 Å². The molecule has 8 heteroatoms. The summed E-state index contributed by atoms with van der Waals surface area (Å²) in [6, 6.07) is 0. The first-order chi connectivity index (χ1) is 14.7. The summed E-state index contributed by atoms with van der Waals surface area (Å²) in [4.78, 5) is 52.4. The van der Waals surface area contributed by atoms with Gasteiger partial charge >= 0.3 is 23.9 Å². The van der Waals surface area contributed by atoms with Gasteiger partial charge in [0.2, 0.25) is 0 Å². The highest BCUT2D eigenvalue weighted by molar-refractivity contribution is 6.07. The van der Waals surface area contributed by atoms with Gasteiger partial charge in [0, 0.05) is 5.92 Å². The van der Waals surface area contributed by atoms with E-state index in [0.29, 0.717) is 12.8 Å². The lowest BCUT2D eigenvalue weighted by Gasteiger charge is -2.47. The third-order valence-electron chi connectivity index (χ3n) is 5.83. The SMILES string of the molecule is C=C1C(CCCC)C(C(=O)OCC)(C(=O)OCC)CCC1(C(=O)OCC)C(=O)OCC. The van der Waals surface area contributed by atoms with Gasteiger partial charge < -0.3 is 18.9 Å². The van der Waals surface area contributed by atoms with E-state index in [-0.39, 0.29) is 44.8 Å². The second-order valence-electron chi connectivity index (χ2n) is 7.48. The van der Waals surface area contributed by atoms with Gasteiger partial charge in [-0.1, -0.05) is 26.3 Å². The molecule has 176 valence electrons. The van der Waals surface area contributed by atoms with E-state index < -0.39 is 40.6 Å². The smallest absolute Gasteiger partial charge is 0.327 e. The summed E-state index contributed by atoms with van der Waals surface area (Å²) in [5.41, 5.74) is -3.32. The number of carbonyl (C=O) groups excluding carboxylic acids is 4. The normalized spacial score (nSPS) is 19.3. The summed E-state index contributed by atoms with van der Waals surface area (Å²) >= 11 is 0. The number of hydrogen-bond acceptors (Lipinski definition) is 8. The predicted octanol–water partition coefficient (Wildman–Crippen LogP) is 3.37. The van der Waals surface area contributed by atoms with Gasteiger partial charge in [-0.15, -0.1) is 0 Å². The summed E-state index contributed by atoms with van der Waals surface area (Å²) in [6.07, 6.45) is 1.50. The molecule has 1 saturated carbocycles. The van der Waals surface area contributed by atoms with E-state index in [2.05, 4.69) is 6.58 Å². The van der Waals surface area contributed by atoms with Crippen LogP contribution in [0.15, 0.2) is 12.2 Å². The molecule has 1 aliphatic carbocycles. The number of esters is 4. The van der Waals surface area contributed by atoms with E-state index in [1.807, 2.05) is 6.92 Å². The highest BCUT2D eigenvalue weighted by Crippen LogP contribution is 2.56. The number of hydrogen-bond donors (Lipinski definition) is 0. The van der Waals surface area contributed by atoms with Crippen LogP contribution in [0.3, 0.4) is 0 Å². The van der Waals surface area contributed by atoms with E-state index in [4.69, 9.17) is 18.9 Å². The van der Waals surface area contributed by atoms with Gasteiger partial charge in [0.1, 0.15) is 0 Å². The lowest BCUT2D eigenvalue weighted by molar-refractivity contribution is -0.187. The topological polar surface area (TPSA) is 105 Å². The summed E-state index contributed by atoms with van der Waals surface area (Å²) in [5, 5.41) is 0. The minimum absolute atomic E-state index is 0.0633. The summed E-state index contributed by atoms with van der Waals surface area (Å²) < 4.78 is 21.0. The van der Waals surface area contributed by atoms with Crippen LogP contribution in [0.2, 0.25) is 0 Å². The maximum Gasteiger partial charge on any atom is 0.327 e. The fourth-order valence-electron chi connectivity index (χ4n) is 4.29. The predicted molar refractivity (Wildman–Crippen MR) is 113 cm³/mol. The molecule has 0 aromatic rings. The molecule has 0 heterocycles. The first kappa shape index (κ1) is 26.7. The van der Waals surface area contributed by atoms with E-state index in [9.17, 15) is 19.2 Å². The average molecular weight is 441 g/mol. The molecule has 0 aromatic carbocycles. The molecule has 0 N–H and O–H groups in total. The maximum absolute atomic E-state index is 13.2. The third kappa shape index (κ3) is 4.93. The van der Waals surface area contributed by atoms with Crippen molar-refractivity contribution in [1.82, 2.24) is 0 Å². The Labute approximate surface area is 184 Å². The van der Waals surface area contributed by atoms with Crippen molar-refractivity contribution in [2.45, 2.75) is 66.7 Å². The highest BCUT2D eigenvalue weighted by Gasteiger charge is 2.66. The van der Waals surface area contributed by atoms with Crippen molar-refractivity contribution < 1.29 is 38.1 Å². The van der Waals surface area contributed by atoms with Gasteiger partial charge in [0.15, 0.2) is 10.8 Å². The highest BCUT2D eigenvalue weighted by atomic mass is 16.6. The molecule has 0 aromatic heterocycles. The molecule has 8 nitrogen and oxygen atoms in total. The van der Waals surface area contributed by atoms with Gasteiger partial charge in [0.25, 0.3) is 0 Å². The van der Waals surface area contributed by atoms with Crippen LogP contribution in [0.1, 0.15) is 66.7 Å². The molecule has 31 heavy (non-hydrogen) atoms. The minimum Gasteiger partial charge on any atom is -0.465 e. The van der Waals surface area contributed by atoms with Gasteiger partial charge in [-0.2, -0.15) is 0 Å².